The molecule has 80 valence electrons. The molecule has 1 fully saturated rings. The van der Waals surface area contributed by atoms with Crippen LogP contribution in [0.25, 0.3) is 0 Å². The summed E-state index contributed by atoms with van der Waals surface area (Å²) in [5, 5.41) is 3.63. The van der Waals surface area contributed by atoms with E-state index in [1.807, 2.05) is 19.1 Å². The summed E-state index contributed by atoms with van der Waals surface area (Å²) in [5.41, 5.74) is 1.87. The molecule has 0 aliphatic heterocycles. The SMILES string of the molecule is Cc1cc(Cl)ccc1NC(=O)[C@H]1C[C@@H]1C. The first-order valence-electron chi connectivity index (χ1n) is 5.15. The normalized spacial score (nSPS) is 23.7. The lowest BCUT2D eigenvalue weighted by molar-refractivity contribution is -0.117. The number of amides is 1. The molecule has 15 heavy (non-hydrogen) atoms. The van der Waals surface area contributed by atoms with E-state index < -0.39 is 0 Å². The minimum atomic E-state index is 0.132. The van der Waals surface area contributed by atoms with Crippen LogP contribution in [-0.4, -0.2) is 5.91 Å². The molecule has 1 amide bonds. The summed E-state index contributed by atoms with van der Waals surface area (Å²) in [5.74, 6) is 0.880. The van der Waals surface area contributed by atoms with E-state index in [2.05, 4.69) is 12.2 Å². The van der Waals surface area contributed by atoms with Crippen LogP contribution in [0.1, 0.15) is 18.9 Å². The summed E-state index contributed by atoms with van der Waals surface area (Å²) in [6.07, 6.45) is 1.01. The van der Waals surface area contributed by atoms with Crippen molar-refractivity contribution in [3.8, 4) is 0 Å². The van der Waals surface area contributed by atoms with Crippen molar-refractivity contribution in [1.29, 1.82) is 0 Å². The van der Waals surface area contributed by atoms with E-state index in [0.717, 1.165) is 17.7 Å². The van der Waals surface area contributed by atoms with E-state index in [1.54, 1.807) is 6.07 Å². The lowest BCUT2D eigenvalue weighted by Gasteiger charge is -2.07. The zero-order chi connectivity index (χ0) is 11.0. The fourth-order valence-electron chi connectivity index (χ4n) is 1.68. The molecule has 1 aromatic carbocycles. The van der Waals surface area contributed by atoms with Crippen molar-refractivity contribution in [1.82, 2.24) is 0 Å². The smallest absolute Gasteiger partial charge is 0.227 e. The highest BCUT2D eigenvalue weighted by atomic mass is 35.5. The van der Waals surface area contributed by atoms with E-state index in [4.69, 9.17) is 11.6 Å². The maximum absolute atomic E-state index is 11.7. The van der Waals surface area contributed by atoms with Gasteiger partial charge < -0.3 is 5.32 Å². The van der Waals surface area contributed by atoms with Crippen LogP contribution in [-0.2, 0) is 4.79 Å². The third-order valence-corrected chi connectivity index (χ3v) is 3.13. The van der Waals surface area contributed by atoms with Crippen molar-refractivity contribution in [2.24, 2.45) is 11.8 Å². The third-order valence-electron chi connectivity index (χ3n) is 2.89. The number of benzene rings is 1. The van der Waals surface area contributed by atoms with Gasteiger partial charge in [0.05, 0.1) is 0 Å². The monoisotopic (exact) mass is 223 g/mol. The Morgan fingerprint density at radius 1 is 1.53 bits per heavy atom. The van der Waals surface area contributed by atoms with Gasteiger partial charge >= 0.3 is 0 Å². The summed E-state index contributed by atoms with van der Waals surface area (Å²) in [6.45, 7) is 4.04. The van der Waals surface area contributed by atoms with Gasteiger partial charge in [-0.2, -0.15) is 0 Å². The molecule has 1 saturated carbocycles. The summed E-state index contributed by atoms with van der Waals surface area (Å²) in [4.78, 5) is 11.7. The standard InChI is InChI=1S/C12H14ClNO/c1-7-6-10(7)12(15)14-11-4-3-9(13)5-8(11)2/h3-5,7,10H,6H2,1-2H3,(H,14,15)/t7-,10-/m0/s1. The Morgan fingerprint density at radius 3 is 2.73 bits per heavy atom. The lowest BCUT2D eigenvalue weighted by atomic mass is 10.2. The minimum absolute atomic E-state index is 0.132. The zero-order valence-corrected chi connectivity index (χ0v) is 9.64. The molecule has 0 heterocycles. The molecule has 1 aliphatic rings. The van der Waals surface area contributed by atoms with Gasteiger partial charge in [0, 0.05) is 16.6 Å². The van der Waals surface area contributed by atoms with Gasteiger partial charge in [0.25, 0.3) is 0 Å². The van der Waals surface area contributed by atoms with Crippen molar-refractivity contribution in [2.75, 3.05) is 5.32 Å². The van der Waals surface area contributed by atoms with Gasteiger partial charge in [-0.25, -0.2) is 0 Å². The number of hydrogen-bond donors (Lipinski definition) is 1. The molecule has 2 rings (SSSR count). The van der Waals surface area contributed by atoms with Crippen molar-refractivity contribution in [3.05, 3.63) is 28.8 Å². The van der Waals surface area contributed by atoms with Crippen LogP contribution in [0.5, 0.6) is 0 Å². The number of nitrogens with one attached hydrogen (secondary N) is 1. The molecule has 2 atom stereocenters. The maximum Gasteiger partial charge on any atom is 0.227 e. The van der Waals surface area contributed by atoms with Crippen LogP contribution in [0.2, 0.25) is 5.02 Å². The highest BCUT2D eigenvalue weighted by molar-refractivity contribution is 6.30. The number of rotatable bonds is 2. The topological polar surface area (TPSA) is 29.1 Å². The minimum Gasteiger partial charge on any atom is -0.326 e. The molecule has 1 N–H and O–H groups in total. The van der Waals surface area contributed by atoms with Gasteiger partial charge in [-0.1, -0.05) is 18.5 Å². The van der Waals surface area contributed by atoms with Crippen molar-refractivity contribution < 1.29 is 4.79 Å². The predicted molar refractivity (Wildman–Crippen MR) is 62.1 cm³/mol. The average molecular weight is 224 g/mol. The Bertz CT molecular complexity index is 403. The Hall–Kier alpha value is -1.02. The van der Waals surface area contributed by atoms with Crippen molar-refractivity contribution in [2.45, 2.75) is 20.3 Å². The quantitative estimate of drug-likeness (QED) is 0.820. The van der Waals surface area contributed by atoms with Crippen LogP contribution >= 0.6 is 11.6 Å². The number of hydrogen-bond acceptors (Lipinski definition) is 1. The zero-order valence-electron chi connectivity index (χ0n) is 8.88. The predicted octanol–water partition coefficient (Wildman–Crippen LogP) is 3.24. The Balaban J connectivity index is 2.07. The molecule has 0 spiro atoms. The molecular formula is C12H14ClNO. The van der Waals surface area contributed by atoms with E-state index >= 15 is 0 Å². The van der Waals surface area contributed by atoms with E-state index in [1.165, 1.54) is 0 Å². The Morgan fingerprint density at radius 2 is 2.20 bits per heavy atom. The maximum atomic E-state index is 11.7. The molecule has 0 radical (unpaired) electrons. The Labute approximate surface area is 94.6 Å². The van der Waals surface area contributed by atoms with Crippen LogP contribution in [0.15, 0.2) is 18.2 Å². The highest BCUT2D eigenvalue weighted by Gasteiger charge is 2.39. The number of aryl methyl sites for hydroxylation is 1. The molecule has 0 unspecified atom stereocenters. The fourth-order valence-corrected chi connectivity index (χ4v) is 1.91. The summed E-state index contributed by atoms with van der Waals surface area (Å²) in [6, 6.07) is 5.50. The summed E-state index contributed by atoms with van der Waals surface area (Å²) >= 11 is 5.84. The first-order valence-corrected chi connectivity index (χ1v) is 5.52. The second-order valence-corrected chi connectivity index (χ2v) is 4.70. The number of halogens is 1. The highest BCUT2D eigenvalue weighted by Crippen LogP contribution is 2.38. The van der Waals surface area contributed by atoms with Gasteiger partial charge in [0.2, 0.25) is 5.91 Å². The van der Waals surface area contributed by atoms with E-state index in [0.29, 0.717) is 10.9 Å². The largest absolute Gasteiger partial charge is 0.326 e. The second-order valence-electron chi connectivity index (χ2n) is 4.27. The molecule has 2 nitrogen and oxygen atoms in total. The molecule has 0 bridgehead atoms. The number of anilines is 1. The van der Waals surface area contributed by atoms with Crippen LogP contribution in [0.4, 0.5) is 5.69 Å². The summed E-state index contributed by atoms with van der Waals surface area (Å²) in [7, 11) is 0. The first kappa shape index (κ1) is 10.5. The molecule has 3 heteroatoms. The van der Waals surface area contributed by atoms with Gasteiger partial charge in [0.1, 0.15) is 0 Å². The fraction of sp³-hybridized carbons (Fsp3) is 0.417. The molecule has 0 aromatic heterocycles. The molecule has 0 saturated heterocycles. The van der Waals surface area contributed by atoms with Gasteiger partial charge in [-0.15, -0.1) is 0 Å². The van der Waals surface area contributed by atoms with Crippen molar-refractivity contribution in [3.63, 3.8) is 0 Å². The molecule has 1 aliphatic carbocycles. The number of carbonyl (C=O) groups is 1. The second kappa shape index (κ2) is 3.86. The Kier molecular flexibility index (Phi) is 2.70. The average Bonchev–Trinajstić information content (AvgIpc) is 2.88. The van der Waals surface area contributed by atoms with Crippen LogP contribution < -0.4 is 5.32 Å². The van der Waals surface area contributed by atoms with Gasteiger partial charge in [-0.05, 0) is 43.0 Å². The summed E-state index contributed by atoms with van der Waals surface area (Å²) < 4.78 is 0. The van der Waals surface area contributed by atoms with E-state index in [-0.39, 0.29) is 11.8 Å². The van der Waals surface area contributed by atoms with Crippen LogP contribution in [0, 0.1) is 18.8 Å². The lowest BCUT2D eigenvalue weighted by Crippen LogP contribution is -2.15. The first-order chi connectivity index (χ1) is 7.08. The van der Waals surface area contributed by atoms with E-state index in [9.17, 15) is 4.79 Å². The number of carbonyl (C=O) groups excluding carboxylic acids is 1. The van der Waals surface area contributed by atoms with Gasteiger partial charge in [0.15, 0.2) is 0 Å². The third kappa shape index (κ3) is 2.32. The van der Waals surface area contributed by atoms with Crippen LogP contribution in [0.3, 0.4) is 0 Å². The molecule has 1 aromatic rings. The van der Waals surface area contributed by atoms with Gasteiger partial charge in [-0.3, -0.25) is 4.79 Å². The van der Waals surface area contributed by atoms with Crippen molar-refractivity contribution >= 4 is 23.2 Å². The molecular weight excluding hydrogens is 210 g/mol.